The zero-order chi connectivity index (χ0) is 25.9. The number of anilines is 1. The second-order valence-electron chi connectivity index (χ2n) is 8.64. The van der Waals surface area contributed by atoms with Gasteiger partial charge >= 0.3 is 6.18 Å². The number of amides is 1. The number of carbonyl (C=O) groups is 1. The highest BCUT2D eigenvalue weighted by molar-refractivity contribution is 5.94. The molecule has 0 spiro atoms. The number of aromatic nitrogens is 2. The lowest BCUT2D eigenvalue weighted by molar-refractivity contribution is -0.137. The molecule has 0 radical (unpaired) electrons. The number of rotatable bonds is 6. The van der Waals surface area contributed by atoms with Crippen molar-refractivity contribution in [3.63, 3.8) is 0 Å². The molecule has 0 aliphatic carbocycles. The molecule has 2 aromatic carbocycles. The number of hydrogen-bond donors (Lipinski definition) is 1. The monoisotopic (exact) mass is 498 g/mol. The molecule has 2 heterocycles. The quantitative estimate of drug-likeness (QED) is 0.540. The normalized spacial score (nSPS) is 16.8. The fourth-order valence-electron chi connectivity index (χ4n) is 4.10. The summed E-state index contributed by atoms with van der Waals surface area (Å²) in [6.45, 7) is 6.28. The molecule has 188 valence electrons. The van der Waals surface area contributed by atoms with Crippen molar-refractivity contribution in [3.05, 3.63) is 65.5 Å². The van der Waals surface area contributed by atoms with Crippen molar-refractivity contribution in [2.24, 2.45) is 0 Å². The van der Waals surface area contributed by atoms with Gasteiger partial charge in [-0.1, -0.05) is 23.4 Å². The Morgan fingerprint density at radius 3 is 2.47 bits per heavy atom. The number of piperazine rings is 1. The summed E-state index contributed by atoms with van der Waals surface area (Å²) < 4.78 is 44.5. The first-order valence-electron chi connectivity index (χ1n) is 11.5. The molecule has 1 aromatic heterocycles. The largest absolute Gasteiger partial charge is 0.416 e. The zero-order valence-corrected chi connectivity index (χ0v) is 19.8. The molecular weight excluding hydrogens is 473 g/mol. The maximum absolute atomic E-state index is 13.0. The van der Waals surface area contributed by atoms with E-state index in [9.17, 15) is 18.0 Å². The first kappa shape index (κ1) is 25.3. The van der Waals surface area contributed by atoms with Gasteiger partial charge in [-0.25, -0.2) is 0 Å². The fourth-order valence-corrected chi connectivity index (χ4v) is 4.10. The summed E-state index contributed by atoms with van der Waals surface area (Å²) in [6.07, 6.45) is -4.45. The van der Waals surface area contributed by atoms with Gasteiger partial charge in [0.1, 0.15) is 0 Å². The van der Waals surface area contributed by atoms with Crippen molar-refractivity contribution in [1.29, 1.82) is 5.26 Å². The van der Waals surface area contributed by atoms with Crippen LogP contribution in [-0.2, 0) is 11.0 Å². The van der Waals surface area contributed by atoms with Crippen LogP contribution in [0.5, 0.6) is 0 Å². The standard InChI is InChI=1S/C25H25F3N6O2/c1-16(23(35)30-21-8-3-5-18(13-21)15-29)33-9-11-34(12-10-33)17(2)24-31-22(32-36-24)19-6-4-7-20(14-19)25(26,27)28/h3-8,13-14,16-17H,9-12H2,1-2H3,(H,30,35)/t16-,17+/m0/s1. The van der Waals surface area contributed by atoms with Crippen LogP contribution >= 0.6 is 0 Å². The van der Waals surface area contributed by atoms with Crippen LogP contribution in [0, 0.1) is 11.3 Å². The molecule has 1 aliphatic rings. The van der Waals surface area contributed by atoms with Crippen LogP contribution in [0.1, 0.15) is 36.9 Å². The average Bonchev–Trinajstić information content (AvgIpc) is 3.38. The zero-order valence-electron chi connectivity index (χ0n) is 19.8. The second kappa shape index (κ2) is 10.5. The van der Waals surface area contributed by atoms with Crippen LogP contribution in [0.3, 0.4) is 0 Å². The van der Waals surface area contributed by atoms with E-state index in [0.29, 0.717) is 43.3 Å². The lowest BCUT2D eigenvalue weighted by atomic mass is 10.1. The van der Waals surface area contributed by atoms with Gasteiger partial charge in [0.05, 0.1) is 29.3 Å². The summed E-state index contributed by atoms with van der Waals surface area (Å²) in [5.74, 6) is 0.264. The Morgan fingerprint density at radius 2 is 1.78 bits per heavy atom. The SMILES string of the molecule is C[C@H](c1nc(-c2cccc(C(F)(F)F)c2)no1)N1CCN([C@@H](C)C(=O)Nc2cccc(C#N)c2)CC1. The molecule has 0 saturated carbocycles. The summed E-state index contributed by atoms with van der Waals surface area (Å²) in [5.41, 5.74) is 0.509. The van der Waals surface area contributed by atoms with Crippen LogP contribution in [0.2, 0.25) is 0 Å². The molecule has 1 aliphatic heterocycles. The van der Waals surface area contributed by atoms with Crippen LogP contribution in [0.4, 0.5) is 18.9 Å². The third-order valence-corrected chi connectivity index (χ3v) is 6.33. The van der Waals surface area contributed by atoms with Gasteiger partial charge in [0.25, 0.3) is 0 Å². The summed E-state index contributed by atoms with van der Waals surface area (Å²) in [6, 6.07) is 13.0. The first-order valence-corrected chi connectivity index (χ1v) is 11.5. The summed E-state index contributed by atoms with van der Waals surface area (Å²) in [7, 11) is 0. The highest BCUT2D eigenvalue weighted by Crippen LogP contribution is 2.32. The Labute approximate surface area is 206 Å². The predicted octanol–water partition coefficient (Wildman–Crippen LogP) is 4.33. The molecule has 36 heavy (non-hydrogen) atoms. The maximum Gasteiger partial charge on any atom is 0.416 e. The van der Waals surface area contributed by atoms with Crippen LogP contribution < -0.4 is 5.32 Å². The van der Waals surface area contributed by atoms with E-state index in [2.05, 4.69) is 31.3 Å². The van der Waals surface area contributed by atoms with E-state index in [0.717, 1.165) is 12.1 Å². The van der Waals surface area contributed by atoms with Gasteiger partial charge in [0.2, 0.25) is 17.6 Å². The van der Waals surface area contributed by atoms with E-state index in [1.54, 1.807) is 24.3 Å². The highest BCUT2D eigenvalue weighted by Gasteiger charge is 2.32. The number of hydrogen-bond acceptors (Lipinski definition) is 7. The summed E-state index contributed by atoms with van der Waals surface area (Å²) >= 11 is 0. The molecule has 4 rings (SSSR count). The smallest absolute Gasteiger partial charge is 0.337 e. The molecule has 0 unspecified atom stereocenters. The number of nitrogens with one attached hydrogen (secondary N) is 1. The van der Waals surface area contributed by atoms with Crippen molar-refractivity contribution < 1.29 is 22.5 Å². The van der Waals surface area contributed by atoms with Crippen molar-refractivity contribution in [2.75, 3.05) is 31.5 Å². The Bertz CT molecular complexity index is 1260. The van der Waals surface area contributed by atoms with Gasteiger partial charge in [-0.05, 0) is 44.2 Å². The molecule has 1 N–H and O–H groups in total. The number of nitrogens with zero attached hydrogens (tertiary/aromatic N) is 5. The van der Waals surface area contributed by atoms with E-state index in [4.69, 9.17) is 9.78 Å². The molecule has 1 amide bonds. The fraction of sp³-hybridized carbons (Fsp3) is 0.360. The molecular formula is C25H25F3N6O2. The minimum Gasteiger partial charge on any atom is -0.337 e. The van der Waals surface area contributed by atoms with E-state index in [1.807, 2.05) is 13.8 Å². The lowest BCUT2D eigenvalue weighted by Gasteiger charge is -2.39. The Balaban J connectivity index is 1.34. The third-order valence-electron chi connectivity index (χ3n) is 6.33. The van der Waals surface area contributed by atoms with E-state index in [-0.39, 0.29) is 29.4 Å². The summed E-state index contributed by atoms with van der Waals surface area (Å²) in [4.78, 5) is 21.2. The van der Waals surface area contributed by atoms with Crippen LogP contribution in [-0.4, -0.2) is 58.1 Å². The van der Waals surface area contributed by atoms with Crippen LogP contribution in [0.15, 0.2) is 53.1 Å². The second-order valence-corrected chi connectivity index (χ2v) is 8.64. The highest BCUT2D eigenvalue weighted by atomic mass is 19.4. The number of nitriles is 1. The van der Waals surface area contributed by atoms with Gasteiger partial charge in [-0.15, -0.1) is 0 Å². The van der Waals surface area contributed by atoms with Gasteiger partial charge in [-0.3, -0.25) is 14.6 Å². The number of carbonyl (C=O) groups excluding carboxylic acids is 1. The molecule has 0 bridgehead atoms. The minimum absolute atomic E-state index is 0.104. The molecule has 1 fully saturated rings. The van der Waals surface area contributed by atoms with E-state index >= 15 is 0 Å². The molecule has 2 atom stereocenters. The average molecular weight is 499 g/mol. The number of halogens is 3. The van der Waals surface area contributed by atoms with Crippen molar-refractivity contribution in [2.45, 2.75) is 32.1 Å². The predicted molar refractivity (Wildman–Crippen MR) is 126 cm³/mol. The van der Waals surface area contributed by atoms with Gasteiger partial charge in [0.15, 0.2) is 0 Å². The Morgan fingerprint density at radius 1 is 1.08 bits per heavy atom. The Hall–Kier alpha value is -3.75. The Kier molecular flexibility index (Phi) is 7.37. The molecule has 11 heteroatoms. The van der Waals surface area contributed by atoms with Gasteiger partial charge in [0, 0.05) is 37.4 Å². The van der Waals surface area contributed by atoms with Gasteiger partial charge < -0.3 is 9.84 Å². The number of benzene rings is 2. The van der Waals surface area contributed by atoms with E-state index < -0.39 is 11.7 Å². The van der Waals surface area contributed by atoms with Gasteiger partial charge in [-0.2, -0.15) is 23.4 Å². The maximum atomic E-state index is 13.0. The third kappa shape index (κ3) is 5.72. The van der Waals surface area contributed by atoms with Crippen molar-refractivity contribution in [1.82, 2.24) is 19.9 Å². The van der Waals surface area contributed by atoms with Crippen LogP contribution in [0.25, 0.3) is 11.4 Å². The van der Waals surface area contributed by atoms with E-state index in [1.165, 1.54) is 12.1 Å². The topological polar surface area (TPSA) is 98.3 Å². The molecule has 8 nitrogen and oxygen atoms in total. The molecule has 3 aromatic rings. The molecule has 1 saturated heterocycles. The first-order chi connectivity index (χ1) is 17.2. The van der Waals surface area contributed by atoms with Crippen molar-refractivity contribution in [3.8, 4) is 17.5 Å². The summed E-state index contributed by atoms with van der Waals surface area (Å²) in [5, 5.41) is 15.8. The lowest BCUT2D eigenvalue weighted by Crippen LogP contribution is -2.53. The van der Waals surface area contributed by atoms with Crippen molar-refractivity contribution >= 4 is 11.6 Å². The minimum atomic E-state index is -4.45. The number of alkyl halides is 3.